The van der Waals surface area contributed by atoms with E-state index in [9.17, 15) is 4.79 Å². The van der Waals surface area contributed by atoms with Crippen LogP contribution in [0.2, 0.25) is 0 Å². The third-order valence-electron chi connectivity index (χ3n) is 7.27. The molecule has 1 saturated heterocycles. The van der Waals surface area contributed by atoms with Crippen LogP contribution in [0, 0.1) is 20.8 Å². The molecule has 9 heteroatoms. The quantitative estimate of drug-likeness (QED) is 0.349. The van der Waals surface area contributed by atoms with E-state index in [1.54, 1.807) is 0 Å². The molecule has 1 amide bonds. The lowest BCUT2D eigenvalue weighted by Gasteiger charge is -2.34. The number of hydrogen-bond donors (Lipinski definition) is 3. The summed E-state index contributed by atoms with van der Waals surface area (Å²) in [7, 11) is 0. The Morgan fingerprint density at radius 1 is 1.13 bits per heavy atom. The van der Waals surface area contributed by atoms with Gasteiger partial charge in [-0.2, -0.15) is 0 Å². The van der Waals surface area contributed by atoms with E-state index in [2.05, 4.69) is 57.2 Å². The second kappa shape index (κ2) is 11.6. The fourth-order valence-electron chi connectivity index (χ4n) is 5.29. The van der Waals surface area contributed by atoms with E-state index in [0.717, 1.165) is 59.8 Å². The Kier molecular flexibility index (Phi) is 8.29. The van der Waals surface area contributed by atoms with Crippen LogP contribution in [0.3, 0.4) is 0 Å². The Balaban J connectivity index is 0.00000107. The van der Waals surface area contributed by atoms with Crippen LogP contribution >= 0.6 is 0 Å². The highest BCUT2D eigenvalue weighted by atomic mass is 16.5. The number of anilines is 1. The van der Waals surface area contributed by atoms with E-state index in [1.807, 2.05) is 38.2 Å². The molecule has 4 aromatic heterocycles. The molecule has 0 spiro atoms. The summed E-state index contributed by atoms with van der Waals surface area (Å²) < 4.78 is 7.91. The van der Waals surface area contributed by atoms with E-state index in [0.29, 0.717) is 12.2 Å². The van der Waals surface area contributed by atoms with Gasteiger partial charge >= 0.3 is 0 Å². The van der Waals surface area contributed by atoms with Crippen molar-refractivity contribution in [1.29, 1.82) is 0 Å². The molecule has 0 saturated carbocycles. The summed E-state index contributed by atoms with van der Waals surface area (Å²) in [5.74, 6) is 0.510. The number of aromatic amines is 1. The number of ether oxygens (including phenoxy) is 1. The Morgan fingerprint density at radius 3 is 2.47 bits per heavy atom. The Morgan fingerprint density at radius 2 is 1.84 bits per heavy atom. The summed E-state index contributed by atoms with van der Waals surface area (Å²) in [5.41, 5.74) is 19.6. The van der Waals surface area contributed by atoms with Gasteiger partial charge in [0.15, 0.2) is 0 Å². The summed E-state index contributed by atoms with van der Waals surface area (Å²) in [4.78, 5) is 31.1. The molecule has 4 aromatic rings. The lowest BCUT2D eigenvalue weighted by atomic mass is 9.95. The Bertz CT molecular complexity index is 1480. The smallest absolute Gasteiger partial charge is 0.251 e. The van der Waals surface area contributed by atoms with Gasteiger partial charge in [0.1, 0.15) is 5.82 Å². The van der Waals surface area contributed by atoms with E-state index in [-0.39, 0.29) is 18.0 Å². The number of hydrogen-bond acceptors (Lipinski definition) is 6. The van der Waals surface area contributed by atoms with Crippen molar-refractivity contribution in [3.63, 3.8) is 0 Å². The monoisotopic (exact) mass is 516 g/mol. The number of pyridine rings is 3. The fraction of sp³-hybridized carbons (Fsp3) is 0.345. The number of aromatic nitrogens is 3. The first kappa shape index (κ1) is 27.1. The minimum absolute atomic E-state index is 0.00595. The lowest BCUT2D eigenvalue weighted by molar-refractivity contribution is -0.106. The largest absolute Gasteiger partial charge is 0.384 e. The van der Waals surface area contributed by atoms with E-state index in [1.165, 1.54) is 16.8 Å². The number of H-pyrrole nitrogens is 1. The van der Waals surface area contributed by atoms with Crippen LogP contribution in [0.4, 0.5) is 5.82 Å². The summed E-state index contributed by atoms with van der Waals surface area (Å²) in [6, 6.07) is 10.5. The molecule has 1 atom stereocenters. The Hall–Kier alpha value is -3.95. The minimum atomic E-state index is -0.00595. The highest BCUT2D eigenvalue weighted by Gasteiger charge is 2.24. The number of amides is 1. The number of nitrogens with one attached hydrogen (secondary N) is 1. The molecule has 1 fully saturated rings. The molecular weight excluding hydrogens is 480 g/mol. The second-order valence-corrected chi connectivity index (χ2v) is 9.76. The van der Waals surface area contributed by atoms with Crippen molar-refractivity contribution < 1.29 is 9.53 Å². The van der Waals surface area contributed by atoms with Gasteiger partial charge in [-0.1, -0.05) is 0 Å². The third-order valence-corrected chi connectivity index (χ3v) is 7.27. The van der Waals surface area contributed by atoms with Crippen molar-refractivity contribution in [3.8, 4) is 11.1 Å². The van der Waals surface area contributed by atoms with Crippen molar-refractivity contribution in [2.45, 2.75) is 40.2 Å². The van der Waals surface area contributed by atoms with Gasteiger partial charge in [-0.3, -0.25) is 14.5 Å². The number of nitrogens with two attached hydrogens (primary N) is 2. The van der Waals surface area contributed by atoms with Gasteiger partial charge in [-0.05, 0) is 74.7 Å². The van der Waals surface area contributed by atoms with Crippen LogP contribution in [0.15, 0.2) is 47.5 Å². The third kappa shape index (κ3) is 5.64. The molecule has 0 bridgehead atoms. The Labute approximate surface area is 222 Å². The minimum Gasteiger partial charge on any atom is -0.384 e. The molecule has 1 unspecified atom stereocenters. The number of rotatable bonds is 5. The van der Waals surface area contributed by atoms with Crippen molar-refractivity contribution in [2.24, 2.45) is 5.73 Å². The maximum absolute atomic E-state index is 12.8. The number of carbonyl (C=O) groups excluding carboxylic acids is 1. The maximum atomic E-state index is 12.8. The van der Waals surface area contributed by atoms with Gasteiger partial charge in [-0.25, -0.2) is 4.98 Å². The van der Waals surface area contributed by atoms with Gasteiger partial charge in [0.05, 0.1) is 13.2 Å². The van der Waals surface area contributed by atoms with Crippen molar-refractivity contribution in [2.75, 3.05) is 32.0 Å². The molecule has 200 valence electrons. The fourth-order valence-corrected chi connectivity index (χ4v) is 5.29. The molecule has 0 aromatic carbocycles. The standard InChI is InChI=1S/C28H33N5O2.CH3NO/c1-17-11-18(2)31-28(34)25(17)14-22-12-24-13-23(21-5-6-26(29)30-15-21)16-33(24)27(19(22)3)20(4)32-7-9-35-10-8-32;2-1-3/h5-6,11-13,15-16,20H,7-10,14H2,1-4H3,(H2,29,30)(H,31,34);1H,(H2,2,3). The average molecular weight is 517 g/mol. The maximum Gasteiger partial charge on any atom is 0.251 e. The first-order valence-electron chi connectivity index (χ1n) is 12.8. The van der Waals surface area contributed by atoms with Gasteiger partial charge in [0.25, 0.3) is 5.56 Å². The zero-order valence-corrected chi connectivity index (χ0v) is 22.5. The van der Waals surface area contributed by atoms with Crippen LogP contribution in [-0.4, -0.2) is 52.0 Å². The number of fused-ring (bicyclic) bond motifs is 1. The van der Waals surface area contributed by atoms with Crippen molar-refractivity contribution in [3.05, 3.63) is 86.7 Å². The number of morpholine rings is 1. The summed E-state index contributed by atoms with van der Waals surface area (Å²) in [6.45, 7) is 11.7. The van der Waals surface area contributed by atoms with Crippen molar-refractivity contribution >= 4 is 17.7 Å². The van der Waals surface area contributed by atoms with Crippen LogP contribution in [0.25, 0.3) is 16.6 Å². The number of aryl methyl sites for hydroxylation is 2. The molecule has 0 radical (unpaired) electrons. The molecule has 38 heavy (non-hydrogen) atoms. The molecule has 0 aliphatic carbocycles. The summed E-state index contributed by atoms with van der Waals surface area (Å²) in [5, 5.41) is 0. The average Bonchev–Trinajstić information content (AvgIpc) is 3.31. The predicted octanol–water partition coefficient (Wildman–Crippen LogP) is 3.28. The molecule has 9 nitrogen and oxygen atoms in total. The molecule has 5 N–H and O–H groups in total. The number of primary amides is 1. The van der Waals surface area contributed by atoms with Crippen LogP contribution in [-0.2, 0) is 16.0 Å². The number of nitrogen functional groups attached to an aromatic ring is 1. The van der Waals surface area contributed by atoms with Crippen LogP contribution in [0.5, 0.6) is 0 Å². The molecule has 1 aliphatic heterocycles. The van der Waals surface area contributed by atoms with Crippen LogP contribution in [0.1, 0.15) is 46.6 Å². The normalized spacial score (nSPS) is 14.6. The van der Waals surface area contributed by atoms with Gasteiger partial charge < -0.3 is 25.6 Å². The molecule has 5 heterocycles. The van der Waals surface area contributed by atoms with E-state index in [4.69, 9.17) is 15.3 Å². The molecule has 1 aliphatic rings. The highest BCUT2D eigenvalue weighted by molar-refractivity contribution is 5.72. The SMILES string of the molecule is Cc1cc(C)c(Cc2cc3cc(-c4ccc(N)nc4)cn3c(C(C)N3CCOCC3)c2C)c(=O)[nH]1.NC=O. The first-order chi connectivity index (χ1) is 18.2. The van der Waals surface area contributed by atoms with Gasteiger partial charge in [0.2, 0.25) is 6.41 Å². The molecule has 5 rings (SSSR count). The topological polar surface area (TPSA) is 132 Å². The zero-order valence-electron chi connectivity index (χ0n) is 22.5. The lowest BCUT2D eigenvalue weighted by Crippen LogP contribution is -2.39. The molecular formula is C29H36N6O3. The summed E-state index contributed by atoms with van der Waals surface area (Å²) in [6.07, 6.45) is 4.85. The highest BCUT2D eigenvalue weighted by Crippen LogP contribution is 2.32. The van der Waals surface area contributed by atoms with Crippen molar-refractivity contribution in [1.82, 2.24) is 19.3 Å². The van der Waals surface area contributed by atoms with E-state index >= 15 is 0 Å². The predicted molar refractivity (Wildman–Crippen MR) is 150 cm³/mol. The van der Waals surface area contributed by atoms with E-state index < -0.39 is 0 Å². The number of nitrogens with zero attached hydrogens (tertiary/aromatic N) is 3. The van der Waals surface area contributed by atoms with Crippen LogP contribution < -0.4 is 17.0 Å². The second-order valence-electron chi connectivity index (χ2n) is 9.76. The zero-order chi connectivity index (χ0) is 27.4. The first-order valence-corrected chi connectivity index (χ1v) is 12.8. The van der Waals surface area contributed by atoms with Gasteiger partial charge in [-0.15, -0.1) is 0 Å². The summed E-state index contributed by atoms with van der Waals surface area (Å²) >= 11 is 0. The number of carbonyl (C=O) groups is 1. The van der Waals surface area contributed by atoms with Gasteiger partial charge in [0, 0.05) is 71.5 Å².